The van der Waals surface area contributed by atoms with E-state index in [1.807, 2.05) is 26.8 Å². The summed E-state index contributed by atoms with van der Waals surface area (Å²) in [7, 11) is 0. The molecule has 0 spiro atoms. The first-order valence-corrected chi connectivity index (χ1v) is 5.03. The molecule has 0 fully saturated rings. The zero-order chi connectivity index (χ0) is 10.3. The molecule has 0 aliphatic heterocycles. The van der Waals surface area contributed by atoms with Crippen LogP contribution in [0.15, 0.2) is 0 Å². The Morgan fingerprint density at radius 1 is 1.62 bits per heavy atom. The van der Waals surface area contributed by atoms with Crippen LogP contribution in [0.4, 0.5) is 0 Å². The summed E-state index contributed by atoms with van der Waals surface area (Å²) in [6, 6.07) is 1.94. The minimum absolute atomic E-state index is 0.213. The molecule has 0 saturated heterocycles. The summed E-state index contributed by atoms with van der Waals surface area (Å²) in [5.74, 6) is 0.363. The lowest BCUT2D eigenvalue weighted by Crippen LogP contribution is -2.34. The smallest absolute Gasteiger partial charge is 0.253 e. The zero-order valence-corrected chi connectivity index (χ0v) is 8.90. The number of thioether (sulfide) groups is 1. The molecule has 1 amide bonds. The molecule has 0 unspecified atom stereocenters. The van der Waals surface area contributed by atoms with Crippen LogP contribution >= 0.6 is 11.8 Å². The van der Waals surface area contributed by atoms with Gasteiger partial charge in [-0.05, 0) is 20.8 Å². The minimum Gasteiger partial charge on any atom is -0.272 e. The van der Waals surface area contributed by atoms with Gasteiger partial charge in [-0.1, -0.05) is 0 Å². The van der Waals surface area contributed by atoms with E-state index in [0.717, 1.165) is 0 Å². The van der Waals surface area contributed by atoms with Crippen LogP contribution in [-0.4, -0.2) is 23.0 Å². The Kier molecular flexibility index (Phi) is 5.51. The summed E-state index contributed by atoms with van der Waals surface area (Å²) >= 11 is 1.26. The number of rotatable bonds is 4. The van der Waals surface area contributed by atoms with Crippen LogP contribution in [0, 0.1) is 11.3 Å². The van der Waals surface area contributed by atoms with Crippen molar-refractivity contribution < 1.29 is 9.63 Å². The van der Waals surface area contributed by atoms with Crippen molar-refractivity contribution in [3.8, 4) is 6.07 Å². The number of carbonyl (C=O) groups excluding carboxylic acids is 1. The number of nitrogens with one attached hydrogen (secondary N) is 1. The lowest BCUT2D eigenvalue weighted by molar-refractivity contribution is -0.142. The second-order valence-corrected chi connectivity index (χ2v) is 4.38. The molecule has 4 nitrogen and oxygen atoms in total. The second-order valence-electron chi connectivity index (χ2n) is 3.39. The van der Waals surface area contributed by atoms with E-state index in [0.29, 0.717) is 5.75 Å². The fourth-order valence-corrected chi connectivity index (χ4v) is 0.867. The quantitative estimate of drug-likeness (QED) is 0.547. The third-order valence-electron chi connectivity index (χ3n) is 0.871. The van der Waals surface area contributed by atoms with Gasteiger partial charge in [0.2, 0.25) is 0 Å². The highest BCUT2D eigenvalue weighted by Gasteiger charge is 2.12. The highest BCUT2D eigenvalue weighted by atomic mass is 32.2. The summed E-state index contributed by atoms with van der Waals surface area (Å²) in [4.78, 5) is 16.0. The van der Waals surface area contributed by atoms with Crippen molar-refractivity contribution in [2.75, 3.05) is 11.5 Å². The SMILES string of the molecule is CC(C)(C)ONC(=O)CSCC#N. The van der Waals surface area contributed by atoms with Crippen LogP contribution in [-0.2, 0) is 9.63 Å². The Balaban J connectivity index is 3.48. The molecular formula is C8H14N2O2S. The predicted molar refractivity (Wildman–Crippen MR) is 51.9 cm³/mol. The molecule has 5 heteroatoms. The number of hydrogen-bond acceptors (Lipinski definition) is 4. The van der Waals surface area contributed by atoms with E-state index < -0.39 is 0 Å². The van der Waals surface area contributed by atoms with Crippen molar-refractivity contribution >= 4 is 17.7 Å². The molecule has 0 saturated carbocycles. The molecule has 1 N–H and O–H groups in total. The number of nitrogens with zero attached hydrogens (tertiary/aromatic N) is 1. The number of hydroxylamine groups is 1. The van der Waals surface area contributed by atoms with Crippen LogP contribution in [0.25, 0.3) is 0 Å². The van der Waals surface area contributed by atoms with Crippen molar-refractivity contribution in [3.63, 3.8) is 0 Å². The first-order chi connectivity index (χ1) is 5.95. The van der Waals surface area contributed by atoms with E-state index in [1.54, 1.807) is 0 Å². The molecule has 0 radical (unpaired) electrons. The summed E-state index contributed by atoms with van der Waals surface area (Å²) < 4.78 is 0. The molecule has 0 heterocycles. The van der Waals surface area contributed by atoms with Crippen LogP contribution in [0.5, 0.6) is 0 Å². The van der Waals surface area contributed by atoms with Gasteiger partial charge in [0, 0.05) is 0 Å². The van der Waals surface area contributed by atoms with Crippen LogP contribution < -0.4 is 5.48 Å². The Labute approximate surface area is 82.6 Å². The van der Waals surface area contributed by atoms with Gasteiger partial charge in [0.05, 0.1) is 23.2 Å². The molecule has 74 valence electrons. The van der Waals surface area contributed by atoms with Gasteiger partial charge in [-0.2, -0.15) is 5.26 Å². The average molecular weight is 202 g/mol. The maximum atomic E-state index is 11.0. The molecule has 0 aromatic heterocycles. The van der Waals surface area contributed by atoms with Crippen molar-refractivity contribution in [3.05, 3.63) is 0 Å². The van der Waals surface area contributed by atoms with Gasteiger partial charge >= 0.3 is 0 Å². The molecule has 13 heavy (non-hydrogen) atoms. The Morgan fingerprint density at radius 2 is 2.23 bits per heavy atom. The maximum Gasteiger partial charge on any atom is 0.253 e. The van der Waals surface area contributed by atoms with Gasteiger partial charge in [-0.3, -0.25) is 9.63 Å². The first-order valence-electron chi connectivity index (χ1n) is 3.87. The molecule has 0 aliphatic rings. The lowest BCUT2D eigenvalue weighted by Gasteiger charge is -2.18. The zero-order valence-electron chi connectivity index (χ0n) is 8.09. The number of carbonyl (C=O) groups is 1. The molecule has 0 atom stereocenters. The van der Waals surface area contributed by atoms with E-state index in [4.69, 9.17) is 10.1 Å². The largest absolute Gasteiger partial charge is 0.272 e. The summed E-state index contributed by atoms with van der Waals surface area (Å²) in [6.07, 6.45) is 0. The van der Waals surface area contributed by atoms with E-state index >= 15 is 0 Å². The number of nitriles is 1. The Hall–Kier alpha value is -0.730. The molecule has 0 aliphatic carbocycles. The van der Waals surface area contributed by atoms with Gasteiger partial charge in [0.1, 0.15) is 0 Å². The van der Waals surface area contributed by atoms with Crippen molar-refractivity contribution in [1.82, 2.24) is 5.48 Å². The van der Waals surface area contributed by atoms with Crippen molar-refractivity contribution in [1.29, 1.82) is 5.26 Å². The van der Waals surface area contributed by atoms with E-state index in [-0.39, 0.29) is 17.3 Å². The lowest BCUT2D eigenvalue weighted by atomic mass is 10.2. The van der Waals surface area contributed by atoms with E-state index in [2.05, 4.69) is 5.48 Å². The fourth-order valence-electron chi connectivity index (χ4n) is 0.429. The molecule has 0 aromatic carbocycles. The van der Waals surface area contributed by atoms with Gasteiger partial charge < -0.3 is 0 Å². The topological polar surface area (TPSA) is 62.1 Å². The third-order valence-corrected chi connectivity index (χ3v) is 1.67. The summed E-state index contributed by atoms with van der Waals surface area (Å²) in [5.41, 5.74) is 1.93. The monoisotopic (exact) mass is 202 g/mol. The van der Waals surface area contributed by atoms with E-state index in [9.17, 15) is 4.79 Å². The molecule has 0 aromatic rings. The maximum absolute atomic E-state index is 11.0. The summed E-state index contributed by atoms with van der Waals surface area (Å²) in [6.45, 7) is 5.53. The third kappa shape index (κ3) is 9.18. The standard InChI is InChI=1S/C8H14N2O2S/c1-8(2,3)12-10-7(11)6-13-5-4-9/h5-6H2,1-3H3,(H,10,11). The second kappa shape index (κ2) is 5.84. The van der Waals surface area contributed by atoms with Gasteiger partial charge in [-0.25, -0.2) is 5.48 Å². The number of hydrogen-bond donors (Lipinski definition) is 1. The minimum atomic E-state index is -0.379. The molecule has 0 rings (SSSR count). The highest BCUT2D eigenvalue weighted by molar-refractivity contribution is 8.00. The van der Waals surface area contributed by atoms with Gasteiger partial charge in [-0.15, -0.1) is 11.8 Å². The van der Waals surface area contributed by atoms with Crippen LogP contribution in [0.3, 0.4) is 0 Å². The van der Waals surface area contributed by atoms with Crippen molar-refractivity contribution in [2.45, 2.75) is 26.4 Å². The highest BCUT2D eigenvalue weighted by Crippen LogP contribution is 2.04. The average Bonchev–Trinajstić information content (AvgIpc) is 2.00. The Bertz CT molecular complexity index is 205. The van der Waals surface area contributed by atoms with Crippen molar-refractivity contribution in [2.24, 2.45) is 0 Å². The van der Waals surface area contributed by atoms with Gasteiger partial charge in [0.25, 0.3) is 5.91 Å². The van der Waals surface area contributed by atoms with E-state index in [1.165, 1.54) is 11.8 Å². The Morgan fingerprint density at radius 3 is 2.69 bits per heavy atom. The number of amides is 1. The first kappa shape index (κ1) is 12.3. The van der Waals surface area contributed by atoms with Crippen LogP contribution in [0.1, 0.15) is 20.8 Å². The summed E-state index contributed by atoms with van der Waals surface area (Å²) in [5, 5.41) is 8.20. The molecule has 0 bridgehead atoms. The fraction of sp³-hybridized carbons (Fsp3) is 0.750. The van der Waals surface area contributed by atoms with Crippen LogP contribution in [0.2, 0.25) is 0 Å². The normalized spacial score (nSPS) is 10.6. The molecular weight excluding hydrogens is 188 g/mol. The van der Waals surface area contributed by atoms with Gasteiger partial charge in [0.15, 0.2) is 0 Å². The predicted octanol–water partition coefficient (Wildman–Crippen LogP) is 1.09.